The van der Waals surface area contributed by atoms with Crippen LogP contribution in [0.5, 0.6) is 0 Å². The standard InChI is InChI=1S/C10H8Br2OS/c11-3-6-1-2-8-7(4-13)5-14-10(8)9(6)12/h1-2,5,13H,3-4H2. The topological polar surface area (TPSA) is 20.2 Å². The van der Waals surface area contributed by atoms with Gasteiger partial charge in [-0.1, -0.05) is 28.1 Å². The molecule has 0 fully saturated rings. The molecule has 0 bridgehead atoms. The first-order valence-corrected chi connectivity index (χ1v) is 6.91. The first-order chi connectivity index (χ1) is 6.77. The van der Waals surface area contributed by atoms with Gasteiger partial charge in [0, 0.05) is 14.5 Å². The molecule has 0 saturated carbocycles. The molecule has 4 heteroatoms. The van der Waals surface area contributed by atoms with Gasteiger partial charge in [0.1, 0.15) is 0 Å². The molecule has 0 spiro atoms. The fourth-order valence-electron chi connectivity index (χ4n) is 1.38. The van der Waals surface area contributed by atoms with Crippen molar-refractivity contribution in [2.24, 2.45) is 0 Å². The summed E-state index contributed by atoms with van der Waals surface area (Å²) in [5.41, 5.74) is 2.25. The van der Waals surface area contributed by atoms with E-state index in [1.54, 1.807) is 11.3 Å². The molecule has 0 radical (unpaired) electrons. The Morgan fingerprint density at radius 1 is 1.29 bits per heavy atom. The SMILES string of the molecule is OCc1csc2c(Br)c(CBr)ccc12. The summed E-state index contributed by atoms with van der Waals surface area (Å²) in [4.78, 5) is 0. The summed E-state index contributed by atoms with van der Waals surface area (Å²) in [6.07, 6.45) is 0. The van der Waals surface area contributed by atoms with Gasteiger partial charge in [-0.15, -0.1) is 11.3 Å². The highest BCUT2D eigenvalue weighted by Crippen LogP contribution is 2.35. The minimum Gasteiger partial charge on any atom is -0.392 e. The maximum atomic E-state index is 9.12. The Labute approximate surface area is 103 Å². The highest BCUT2D eigenvalue weighted by molar-refractivity contribution is 9.11. The van der Waals surface area contributed by atoms with Crippen LogP contribution in [0.15, 0.2) is 22.0 Å². The van der Waals surface area contributed by atoms with E-state index in [0.717, 1.165) is 20.8 Å². The fourth-order valence-corrected chi connectivity index (χ4v) is 4.02. The van der Waals surface area contributed by atoms with Gasteiger partial charge in [0.05, 0.1) is 6.61 Å². The van der Waals surface area contributed by atoms with Crippen LogP contribution in [0.3, 0.4) is 0 Å². The van der Waals surface area contributed by atoms with Crippen molar-refractivity contribution in [2.45, 2.75) is 11.9 Å². The maximum Gasteiger partial charge on any atom is 0.0696 e. The van der Waals surface area contributed by atoms with Gasteiger partial charge in [0.2, 0.25) is 0 Å². The number of aliphatic hydroxyl groups excluding tert-OH is 1. The molecule has 1 aromatic carbocycles. The predicted molar refractivity (Wildman–Crippen MR) is 68.1 cm³/mol. The average molecular weight is 336 g/mol. The van der Waals surface area contributed by atoms with Crippen molar-refractivity contribution in [2.75, 3.05) is 0 Å². The molecule has 0 saturated heterocycles. The fraction of sp³-hybridized carbons (Fsp3) is 0.200. The van der Waals surface area contributed by atoms with Gasteiger partial charge in [0.15, 0.2) is 0 Å². The average Bonchev–Trinajstić information content (AvgIpc) is 2.62. The number of aliphatic hydroxyl groups is 1. The molecule has 1 heterocycles. The molecule has 0 aliphatic heterocycles. The van der Waals surface area contributed by atoms with E-state index in [9.17, 15) is 0 Å². The van der Waals surface area contributed by atoms with Crippen molar-refractivity contribution in [3.05, 3.63) is 33.1 Å². The number of alkyl halides is 1. The summed E-state index contributed by atoms with van der Waals surface area (Å²) >= 11 is 8.69. The van der Waals surface area contributed by atoms with Crippen LogP contribution in [0, 0.1) is 0 Å². The van der Waals surface area contributed by atoms with Crippen LogP contribution >= 0.6 is 43.2 Å². The summed E-state index contributed by atoms with van der Waals surface area (Å²) in [5.74, 6) is 0. The van der Waals surface area contributed by atoms with Crippen LogP contribution in [-0.2, 0) is 11.9 Å². The first-order valence-electron chi connectivity index (χ1n) is 4.12. The molecule has 14 heavy (non-hydrogen) atoms. The normalized spacial score (nSPS) is 11.1. The molecule has 2 aromatic rings. The molecule has 74 valence electrons. The number of thiophene rings is 1. The third-order valence-electron chi connectivity index (χ3n) is 2.16. The van der Waals surface area contributed by atoms with E-state index in [1.807, 2.05) is 5.38 Å². The molecule has 0 unspecified atom stereocenters. The van der Waals surface area contributed by atoms with Crippen LogP contribution in [-0.4, -0.2) is 5.11 Å². The van der Waals surface area contributed by atoms with Crippen molar-refractivity contribution >= 4 is 53.3 Å². The Hall–Kier alpha value is 0.1000. The summed E-state index contributed by atoms with van der Waals surface area (Å²) in [6, 6.07) is 4.14. The Morgan fingerprint density at radius 3 is 2.71 bits per heavy atom. The first kappa shape index (κ1) is 10.6. The molecule has 0 aliphatic rings. The lowest BCUT2D eigenvalue weighted by molar-refractivity contribution is 0.284. The lowest BCUT2D eigenvalue weighted by atomic mass is 10.1. The van der Waals surface area contributed by atoms with Gasteiger partial charge in [-0.05, 0) is 37.8 Å². The highest BCUT2D eigenvalue weighted by Gasteiger charge is 2.08. The van der Waals surface area contributed by atoms with Crippen LogP contribution in [0.1, 0.15) is 11.1 Å². The molecule has 1 nitrogen and oxygen atoms in total. The van der Waals surface area contributed by atoms with E-state index >= 15 is 0 Å². The van der Waals surface area contributed by atoms with E-state index in [4.69, 9.17) is 5.11 Å². The second kappa shape index (κ2) is 4.31. The molecule has 0 amide bonds. The Bertz CT molecular complexity index is 464. The van der Waals surface area contributed by atoms with Gasteiger partial charge in [-0.3, -0.25) is 0 Å². The van der Waals surface area contributed by atoms with E-state index < -0.39 is 0 Å². The predicted octanol–water partition coefficient (Wildman–Crippen LogP) is 4.05. The zero-order chi connectivity index (χ0) is 10.1. The molecule has 2 rings (SSSR count). The number of hydrogen-bond acceptors (Lipinski definition) is 2. The molecular formula is C10H8Br2OS. The van der Waals surface area contributed by atoms with Crippen molar-refractivity contribution in [3.8, 4) is 0 Å². The number of fused-ring (bicyclic) bond motifs is 1. The third kappa shape index (κ3) is 1.65. The van der Waals surface area contributed by atoms with Crippen molar-refractivity contribution in [3.63, 3.8) is 0 Å². The van der Waals surface area contributed by atoms with E-state index in [0.29, 0.717) is 0 Å². The van der Waals surface area contributed by atoms with Crippen LogP contribution < -0.4 is 0 Å². The highest BCUT2D eigenvalue weighted by atomic mass is 79.9. The van der Waals surface area contributed by atoms with Gasteiger partial charge in [0.25, 0.3) is 0 Å². The van der Waals surface area contributed by atoms with E-state index in [1.165, 1.54) is 10.3 Å². The monoisotopic (exact) mass is 334 g/mol. The lowest BCUT2D eigenvalue weighted by Crippen LogP contribution is -1.82. The van der Waals surface area contributed by atoms with Crippen LogP contribution in [0.25, 0.3) is 10.1 Å². The summed E-state index contributed by atoms with van der Waals surface area (Å²) in [5, 5.41) is 13.1. The number of benzene rings is 1. The van der Waals surface area contributed by atoms with E-state index in [2.05, 4.69) is 44.0 Å². The largest absolute Gasteiger partial charge is 0.392 e. The van der Waals surface area contributed by atoms with Crippen molar-refractivity contribution in [1.29, 1.82) is 0 Å². The summed E-state index contributed by atoms with van der Waals surface area (Å²) in [7, 11) is 0. The zero-order valence-electron chi connectivity index (χ0n) is 7.26. The third-order valence-corrected chi connectivity index (χ3v) is 4.99. The Morgan fingerprint density at radius 2 is 2.07 bits per heavy atom. The van der Waals surface area contributed by atoms with Crippen LogP contribution in [0.4, 0.5) is 0 Å². The molecular weight excluding hydrogens is 328 g/mol. The summed E-state index contributed by atoms with van der Waals surface area (Å²) < 4.78 is 2.35. The molecule has 1 aromatic heterocycles. The molecule has 0 aliphatic carbocycles. The molecule has 0 atom stereocenters. The van der Waals surface area contributed by atoms with Crippen molar-refractivity contribution < 1.29 is 5.11 Å². The molecule has 1 N–H and O–H groups in total. The second-order valence-corrected chi connectivity index (χ2v) is 5.20. The van der Waals surface area contributed by atoms with Gasteiger partial charge in [-0.25, -0.2) is 0 Å². The smallest absolute Gasteiger partial charge is 0.0696 e. The van der Waals surface area contributed by atoms with E-state index in [-0.39, 0.29) is 6.61 Å². The zero-order valence-corrected chi connectivity index (χ0v) is 11.2. The Kier molecular flexibility index (Phi) is 3.27. The number of halogens is 2. The minimum atomic E-state index is 0.111. The Balaban J connectivity index is 2.72. The summed E-state index contributed by atoms with van der Waals surface area (Å²) in [6.45, 7) is 0.111. The van der Waals surface area contributed by atoms with Gasteiger partial charge >= 0.3 is 0 Å². The van der Waals surface area contributed by atoms with Gasteiger partial charge < -0.3 is 5.11 Å². The van der Waals surface area contributed by atoms with Crippen molar-refractivity contribution in [1.82, 2.24) is 0 Å². The minimum absolute atomic E-state index is 0.111. The van der Waals surface area contributed by atoms with Gasteiger partial charge in [-0.2, -0.15) is 0 Å². The van der Waals surface area contributed by atoms with Crippen LogP contribution in [0.2, 0.25) is 0 Å². The number of rotatable bonds is 2. The lowest BCUT2D eigenvalue weighted by Gasteiger charge is -2.01. The number of hydrogen-bond donors (Lipinski definition) is 1. The second-order valence-electron chi connectivity index (χ2n) is 2.97. The maximum absolute atomic E-state index is 9.12. The quantitative estimate of drug-likeness (QED) is 0.821.